The third-order valence-corrected chi connectivity index (χ3v) is 5.58. The molecule has 0 spiro atoms. The van der Waals surface area contributed by atoms with Gasteiger partial charge >= 0.3 is 0 Å². The summed E-state index contributed by atoms with van der Waals surface area (Å²) < 4.78 is 26.0. The monoisotopic (exact) mass is 464 g/mol. The van der Waals surface area contributed by atoms with Crippen LogP contribution in [0.25, 0.3) is 10.9 Å². The summed E-state index contributed by atoms with van der Waals surface area (Å²) in [5.74, 6) is -1.00. The molecular weight excluding hydrogens is 448 g/mol. The fourth-order valence-electron chi connectivity index (χ4n) is 2.68. The number of aryl methyl sites for hydroxylation is 1. The summed E-state index contributed by atoms with van der Waals surface area (Å²) >= 11 is 3.33. The summed E-state index contributed by atoms with van der Waals surface area (Å²) in [6.45, 7) is 1.32. The Morgan fingerprint density at radius 1 is 1.25 bits per heavy atom. The number of benzene rings is 2. The first kappa shape index (κ1) is 20.0. The van der Waals surface area contributed by atoms with Gasteiger partial charge in [0.05, 0.1) is 17.5 Å². The van der Waals surface area contributed by atoms with Gasteiger partial charge in [0.25, 0.3) is 5.91 Å². The second-order valence-corrected chi connectivity index (χ2v) is 9.04. The van der Waals surface area contributed by atoms with Crippen molar-refractivity contribution in [3.63, 3.8) is 0 Å². The number of halogens is 1. The number of hydrogen-bond acceptors (Lipinski definition) is 5. The number of carbonyl (C=O) groups is 1. The number of amides is 1. The molecule has 0 saturated heterocycles. The van der Waals surface area contributed by atoms with Crippen molar-refractivity contribution in [3.05, 3.63) is 52.5 Å². The number of aromatic nitrogens is 1. The number of H-pyrrole nitrogens is 1. The lowest BCUT2D eigenvalue weighted by Crippen LogP contribution is -2.34. The van der Waals surface area contributed by atoms with E-state index in [0.717, 1.165) is 20.6 Å². The van der Waals surface area contributed by atoms with Gasteiger partial charge in [-0.2, -0.15) is 0 Å². The minimum absolute atomic E-state index is 0.103. The fourth-order valence-corrected chi connectivity index (χ4v) is 3.88. The molecule has 0 bridgehead atoms. The fraction of sp³-hybridized carbons (Fsp3) is 0.167. The van der Waals surface area contributed by atoms with Crippen molar-refractivity contribution in [2.75, 3.05) is 17.1 Å². The van der Waals surface area contributed by atoms with Crippen LogP contribution in [0.5, 0.6) is 5.88 Å². The Morgan fingerprint density at radius 2 is 2.00 bits per heavy atom. The van der Waals surface area contributed by atoms with Gasteiger partial charge in [-0.3, -0.25) is 9.10 Å². The van der Waals surface area contributed by atoms with Crippen LogP contribution >= 0.6 is 15.9 Å². The zero-order chi connectivity index (χ0) is 20.5. The van der Waals surface area contributed by atoms with Crippen LogP contribution in [-0.2, 0) is 14.8 Å². The number of aromatic hydroxyl groups is 1. The van der Waals surface area contributed by atoms with Crippen molar-refractivity contribution >= 4 is 54.1 Å². The number of nitrogens with one attached hydrogen (secondary N) is 1. The van der Waals surface area contributed by atoms with Crippen molar-refractivity contribution in [1.82, 2.24) is 4.98 Å². The maximum absolute atomic E-state index is 12.3. The Hall–Kier alpha value is -2.72. The lowest BCUT2D eigenvalue weighted by atomic mass is 10.2. The van der Waals surface area contributed by atoms with Crippen molar-refractivity contribution in [2.45, 2.75) is 6.92 Å². The predicted octanol–water partition coefficient (Wildman–Crippen LogP) is 4.02. The van der Waals surface area contributed by atoms with Crippen LogP contribution in [0.2, 0.25) is 0 Å². The van der Waals surface area contributed by atoms with Gasteiger partial charge in [-0.25, -0.2) is 8.42 Å². The minimum Gasteiger partial charge on any atom is -0.493 e. The standard InChI is InChI=1S/C18H17BrN4O4S/c1-11-4-3-5-13(8-11)23(28(2,26)27)10-16(24)21-22-17-14-9-12(19)6-7-15(14)20-18(17)25/h3-9,20,25H,10H2,1-2H3. The number of hydrogen-bond donors (Lipinski definition) is 2. The lowest BCUT2D eigenvalue weighted by molar-refractivity contribution is -0.116. The SMILES string of the molecule is Cc1cccc(N(CC(=O)N=Nc2c(O)[nH]c3ccc(Br)cc23)S(C)(=O)=O)c1. The highest BCUT2D eigenvalue weighted by molar-refractivity contribution is 9.10. The zero-order valence-electron chi connectivity index (χ0n) is 15.0. The number of nitrogens with zero attached hydrogens (tertiary/aromatic N) is 3. The highest BCUT2D eigenvalue weighted by Gasteiger charge is 2.21. The molecule has 0 aliphatic carbocycles. The molecule has 0 radical (unpaired) electrons. The summed E-state index contributed by atoms with van der Waals surface area (Å²) in [5, 5.41) is 18.0. The average molecular weight is 465 g/mol. The van der Waals surface area contributed by atoms with E-state index in [9.17, 15) is 18.3 Å². The van der Waals surface area contributed by atoms with E-state index in [1.807, 2.05) is 13.0 Å². The van der Waals surface area contributed by atoms with E-state index in [1.54, 1.807) is 36.4 Å². The Labute approximate surface area is 170 Å². The molecule has 3 aromatic rings. The smallest absolute Gasteiger partial charge is 0.285 e. The number of azo groups is 1. The number of rotatable bonds is 5. The number of anilines is 1. The molecule has 10 heteroatoms. The first-order valence-electron chi connectivity index (χ1n) is 8.14. The molecule has 0 fully saturated rings. The lowest BCUT2D eigenvalue weighted by Gasteiger charge is -2.20. The van der Waals surface area contributed by atoms with Crippen LogP contribution < -0.4 is 4.31 Å². The summed E-state index contributed by atoms with van der Waals surface area (Å²) in [4.78, 5) is 15.0. The molecule has 2 N–H and O–H groups in total. The molecule has 0 unspecified atom stereocenters. The number of aromatic amines is 1. The van der Waals surface area contributed by atoms with E-state index in [-0.39, 0.29) is 11.6 Å². The Kier molecular flexibility index (Phi) is 5.52. The minimum atomic E-state index is -3.70. The van der Waals surface area contributed by atoms with Crippen molar-refractivity contribution < 1.29 is 18.3 Å². The molecule has 0 aliphatic rings. The van der Waals surface area contributed by atoms with Crippen LogP contribution in [0, 0.1) is 6.92 Å². The normalized spacial score (nSPS) is 12.0. The van der Waals surface area contributed by atoms with Crippen LogP contribution in [0.15, 0.2) is 57.2 Å². The molecule has 3 rings (SSSR count). The molecule has 0 atom stereocenters. The first-order valence-corrected chi connectivity index (χ1v) is 10.8. The van der Waals surface area contributed by atoms with Crippen LogP contribution in [0.1, 0.15) is 5.56 Å². The zero-order valence-corrected chi connectivity index (χ0v) is 17.5. The maximum Gasteiger partial charge on any atom is 0.285 e. The predicted molar refractivity (Wildman–Crippen MR) is 111 cm³/mol. The van der Waals surface area contributed by atoms with Crippen molar-refractivity contribution in [1.29, 1.82) is 0 Å². The summed E-state index contributed by atoms with van der Waals surface area (Å²) in [6, 6.07) is 12.0. The molecule has 8 nitrogen and oxygen atoms in total. The summed E-state index contributed by atoms with van der Waals surface area (Å²) in [6.07, 6.45) is 1.02. The topological polar surface area (TPSA) is 115 Å². The molecule has 0 saturated carbocycles. The Balaban J connectivity index is 1.88. The molecule has 1 amide bonds. The second kappa shape index (κ2) is 7.72. The molecular formula is C18H17BrN4O4S. The highest BCUT2D eigenvalue weighted by Crippen LogP contribution is 2.36. The third-order valence-electron chi connectivity index (χ3n) is 3.94. The van der Waals surface area contributed by atoms with Gasteiger partial charge < -0.3 is 10.1 Å². The number of fused-ring (bicyclic) bond motifs is 1. The van der Waals surface area contributed by atoms with E-state index >= 15 is 0 Å². The van der Waals surface area contributed by atoms with Gasteiger partial charge in [0, 0.05) is 9.86 Å². The van der Waals surface area contributed by atoms with Gasteiger partial charge in [0.15, 0.2) is 5.69 Å². The largest absolute Gasteiger partial charge is 0.493 e. The van der Waals surface area contributed by atoms with Gasteiger partial charge in [-0.05, 0) is 42.8 Å². The maximum atomic E-state index is 12.3. The van der Waals surface area contributed by atoms with Crippen LogP contribution in [0.4, 0.5) is 11.4 Å². The van der Waals surface area contributed by atoms with Crippen LogP contribution in [-0.4, -0.2) is 37.2 Å². The molecule has 2 aromatic carbocycles. The van der Waals surface area contributed by atoms with Gasteiger partial charge in [0.1, 0.15) is 6.54 Å². The molecule has 1 aromatic heterocycles. The average Bonchev–Trinajstić information content (AvgIpc) is 2.91. The summed E-state index contributed by atoms with van der Waals surface area (Å²) in [7, 11) is -3.70. The van der Waals surface area contributed by atoms with Crippen LogP contribution in [0.3, 0.4) is 0 Å². The molecule has 28 heavy (non-hydrogen) atoms. The Bertz CT molecular complexity index is 1190. The van der Waals surface area contributed by atoms with Gasteiger partial charge in [0.2, 0.25) is 15.9 Å². The van der Waals surface area contributed by atoms with E-state index < -0.39 is 22.5 Å². The van der Waals surface area contributed by atoms with Crippen molar-refractivity contribution in [2.24, 2.45) is 10.2 Å². The van der Waals surface area contributed by atoms with E-state index in [0.29, 0.717) is 16.6 Å². The highest BCUT2D eigenvalue weighted by atomic mass is 79.9. The van der Waals surface area contributed by atoms with E-state index in [1.165, 1.54) is 0 Å². The van der Waals surface area contributed by atoms with Gasteiger partial charge in [-0.15, -0.1) is 10.2 Å². The number of sulfonamides is 1. The molecule has 0 aliphatic heterocycles. The number of carbonyl (C=O) groups excluding carboxylic acids is 1. The van der Waals surface area contributed by atoms with Gasteiger partial charge in [-0.1, -0.05) is 28.1 Å². The first-order chi connectivity index (χ1) is 13.1. The molecule has 146 valence electrons. The van der Waals surface area contributed by atoms with Crippen molar-refractivity contribution in [3.8, 4) is 5.88 Å². The second-order valence-electron chi connectivity index (χ2n) is 6.21. The van der Waals surface area contributed by atoms with E-state index in [2.05, 4.69) is 31.1 Å². The molecule has 1 heterocycles. The Morgan fingerprint density at radius 3 is 2.68 bits per heavy atom. The quantitative estimate of drug-likeness (QED) is 0.554. The third kappa shape index (κ3) is 4.39. The summed E-state index contributed by atoms with van der Waals surface area (Å²) in [5.41, 5.74) is 1.95. The van der Waals surface area contributed by atoms with E-state index in [4.69, 9.17) is 0 Å².